The molecule has 5 rings (SSSR count). The lowest BCUT2D eigenvalue weighted by atomic mass is 9.94. The molecule has 1 amide bonds. The first-order chi connectivity index (χ1) is 16.1. The summed E-state index contributed by atoms with van der Waals surface area (Å²) in [6.45, 7) is 9.28. The number of hydrogen-bond acceptors (Lipinski definition) is 7. The van der Waals surface area contributed by atoms with Gasteiger partial charge in [0.25, 0.3) is 0 Å². The number of carbonyl (C=O) groups is 1. The van der Waals surface area contributed by atoms with Crippen molar-refractivity contribution in [2.75, 3.05) is 56.5 Å². The number of piperidine rings is 1. The molecule has 33 heavy (non-hydrogen) atoms. The van der Waals surface area contributed by atoms with E-state index in [4.69, 9.17) is 4.98 Å². The highest BCUT2D eigenvalue weighted by molar-refractivity contribution is 5.87. The molecule has 0 aliphatic carbocycles. The Hall–Kier alpha value is -3.46. The normalized spacial score (nSPS) is 19.6. The molecule has 2 saturated heterocycles. The molecule has 2 aliphatic heterocycles. The molecular weight excluding hydrogens is 416 g/mol. The monoisotopic (exact) mass is 446 g/mol. The van der Waals surface area contributed by atoms with Gasteiger partial charge >= 0.3 is 0 Å². The predicted octanol–water partition coefficient (Wildman–Crippen LogP) is 2.74. The summed E-state index contributed by atoms with van der Waals surface area (Å²) in [5.41, 5.74) is 4.67. The first-order valence-corrected chi connectivity index (χ1v) is 11.5. The number of nitrogens with one attached hydrogen (secondary N) is 2. The van der Waals surface area contributed by atoms with Crippen LogP contribution in [0.1, 0.15) is 24.5 Å². The Balaban J connectivity index is 1.31. The van der Waals surface area contributed by atoms with E-state index in [9.17, 15) is 4.79 Å². The van der Waals surface area contributed by atoms with Crippen molar-refractivity contribution >= 4 is 34.3 Å². The van der Waals surface area contributed by atoms with Gasteiger partial charge in [0.15, 0.2) is 0 Å². The zero-order valence-corrected chi connectivity index (χ0v) is 19.0. The molecule has 0 spiro atoms. The fourth-order valence-corrected chi connectivity index (χ4v) is 4.67. The summed E-state index contributed by atoms with van der Waals surface area (Å²) in [6, 6.07) is 8.42. The third-order valence-corrected chi connectivity index (χ3v) is 6.63. The highest BCUT2D eigenvalue weighted by atomic mass is 16.2. The van der Waals surface area contributed by atoms with Gasteiger partial charge < -0.3 is 20.0 Å². The van der Waals surface area contributed by atoms with Gasteiger partial charge in [-0.05, 0) is 50.2 Å². The smallest absolute Gasteiger partial charge is 0.245 e. The van der Waals surface area contributed by atoms with Crippen molar-refractivity contribution < 1.29 is 4.79 Å². The molecule has 4 heterocycles. The average Bonchev–Trinajstić information content (AvgIpc) is 3.28. The van der Waals surface area contributed by atoms with Crippen LogP contribution in [0.2, 0.25) is 0 Å². The molecule has 9 heteroatoms. The Bertz CT molecular complexity index is 1130. The average molecular weight is 447 g/mol. The van der Waals surface area contributed by atoms with E-state index < -0.39 is 0 Å². The first kappa shape index (κ1) is 21.4. The number of H-pyrrole nitrogens is 1. The minimum Gasteiger partial charge on any atom is -0.369 e. The summed E-state index contributed by atoms with van der Waals surface area (Å²) in [5, 5.41) is 10.9. The number of nitrogens with zero attached hydrogens (tertiary/aromatic N) is 6. The van der Waals surface area contributed by atoms with Crippen molar-refractivity contribution in [1.82, 2.24) is 30.0 Å². The van der Waals surface area contributed by atoms with Crippen LogP contribution in [0, 0.1) is 0 Å². The SMILES string of the molecule is C=CC(=O)N1CCCC(c2[nH]nc3cnc(Nc4ccc(N5CCN(C)CC5)cc4)nc23)C1. The highest BCUT2D eigenvalue weighted by Gasteiger charge is 2.27. The van der Waals surface area contributed by atoms with E-state index in [1.807, 2.05) is 4.90 Å². The molecule has 0 bridgehead atoms. The van der Waals surface area contributed by atoms with Gasteiger partial charge in [-0.1, -0.05) is 6.58 Å². The van der Waals surface area contributed by atoms with E-state index in [1.165, 1.54) is 11.8 Å². The van der Waals surface area contributed by atoms with Crippen LogP contribution in [0.25, 0.3) is 11.0 Å². The topological polar surface area (TPSA) is 93.3 Å². The Morgan fingerprint density at radius 1 is 1.18 bits per heavy atom. The highest BCUT2D eigenvalue weighted by Crippen LogP contribution is 2.30. The van der Waals surface area contributed by atoms with Crippen molar-refractivity contribution in [3.63, 3.8) is 0 Å². The Morgan fingerprint density at radius 2 is 1.97 bits per heavy atom. The summed E-state index contributed by atoms with van der Waals surface area (Å²) in [5.74, 6) is 0.672. The van der Waals surface area contributed by atoms with Crippen molar-refractivity contribution in [2.24, 2.45) is 0 Å². The fourth-order valence-electron chi connectivity index (χ4n) is 4.67. The zero-order chi connectivity index (χ0) is 22.8. The lowest BCUT2D eigenvalue weighted by molar-refractivity contribution is -0.127. The second-order valence-corrected chi connectivity index (χ2v) is 8.85. The third kappa shape index (κ3) is 4.54. The number of likely N-dealkylation sites (N-methyl/N-ethyl adjacent to an activating group) is 1. The maximum atomic E-state index is 12.1. The van der Waals surface area contributed by atoms with Gasteiger partial charge in [-0.25, -0.2) is 9.97 Å². The molecule has 9 nitrogen and oxygen atoms in total. The molecule has 0 radical (unpaired) electrons. The van der Waals surface area contributed by atoms with E-state index in [2.05, 4.69) is 68.2 Å². The van der Waals surface area contributed by atoms with Crippen molar-refractivity contribution in [1.29, 1.82) is 0 Å². The molecular formula is C24H30N8O. The van der Waals surface area contributed by atoms with Gasteiger partial charge in [-0.3, -0.25) is 9.89 Å². The Labute approximate surface area is 193 Å². The van der Waals surface area contributed by atoms with Crippen molar-refractivity contribution in [2.45, 2.75) is 18.8 Å². The number of fused-ring (bicyclic) bond motifs is 1. The summed E-state index contributed by atoms with van der Waals surface area (Å²) in [4.78, 5) is 27.9. The largest absolute Gasteiger partial charge is 0.369 e. The van der Waals surface area contributed by atoms with Gasteiger partial charge in [0, 0.05) is 56.6 Å². The van der Waals surface area contributed by atoms with Crippen LogP contribution in [0.3, 0.4) is 0 Å². The number of anilines is 3. The number of benzene rings is 1. The van der Waals surface area contributed by atoms with Gasteiger partial charge in [0.05, 0.1) is 11.9 Å². The molecule has 1 unspecified atom stereocenters. The van der Waals surface area contributed by atoms with E-state index in [0.29, 0.717) is 12.5 Å². The van der Waals surface area contributed by atoms with E-state index in [1.54, 1.807) is 6.20 Å². The molecule has 1 aromatic carbocycles. The van der Waals surface area contributed by atoms with Gasteiger partial charge in [0.2, 0.25) is 11.9 Å². The summed E-state index contributed by atoms with van der Waals surface area (Å²) in [6.07, 6.45) is 5.05. The van der Waals surface area contributed by atoms with E-state index >= 15 is 0 Å². The van der Waals surface area contributed by atoms with Crippen LogP contribution in [0.5, 0.6) is 0 Å². The molecule has 172 valence electrons. The zero-order valence-electron chi connectivity index (χ0n) is 19.0. The second kappa shape index (κ2) is 9.19. The van der Waals surface area contributed by atoms with Crippen LogP contribution >= 0.6 is 0 Å². The number of aromatic amines is 1. The lowest BCUT2D eigenvalue weighted by Crippen LogP contribution is -2.44. The second-order valence-electron chi connectivity index (χ2n) is 8.85. The quantitative estimate of drug-likeness (QED) is 0.582. The van der Waals surface area contributed by atoms with Crippen LogP contribution in [-0.2, 0) is 4.79 Å². The number of aromatic nitrogens is 4. The fraction of sp³-hybridized carbons (Fsp3) is 0.417. The minimum absolute atomic E-state index is 0.0273. The van der Waals surface area contributed by atoms with Gasteiger partial charge in [-0.15, -0.1) is 0 Å². The molecule has 1 atom stereocenters. The maximum absolute atomic E-state index is 12.1. The van der Waals surface area contributed by atoms with Gasteiger partial charge in [-0.2, -0.15) is 5.10 Å². The molecule has 2 N–H and O–H groups in total. The summed E-state index contributed by atoms with van der Waals surface area (Å²) < 4.78 is 0. The molecule has 3 aromatic rings. The summed E-state index contributed by atoms with van der Waals surface area (Å²) in [7, 11) is 2.16. The van der Waals surface area contributed by atoms with Gasteiger partial charge in [0.1, 0.15) is 11.0 Å². The van der Waals surface area contributed by atoms with Crippen LogP contribution in [0.15, 0.2) is 43.1 Å². The van der Waals surface area contributed by atoms with E-state index in [0.717, 1.165) is 68.0 Å². The lowest BCUT2D eigenvalue weighted by Gasteiger charge is -2.34. The predicted molar refractivity (Wildman–Crippen MR) is 130 cm³/mol. The van der Waals surface area contributed by atoms with E-state index in [-0.39, 0.29) is 11.8 Å². The molecule has 0 saturated carbocycles. The molecule has 2 aliphatic rings. The Morgan fingerprint density at radius 3 is 2.73 bits per heavy atom. The molecule has 2 aromatic heterocycles. The number of amides is 1. The number of piperazine rings is 1. The number of rotatable bonds is 5. The van der Waals surface area contributed by atoms with Crippen LogP contribution in [0.4, 0.5) is 17.3 Å². The van der Waals surface area contributed by atoms with Crippen molar-refractivity contribution in [3.05, 3.63) is 48.8 Å². The standard InChI is InChI=1S/C24H30N8O/c1-3-21(33)32-10-4-5-17(16-32)22-23-20(28-29-22)15-25-24(27-23)26-18-6-8-19(9-7-18)31-13-11-30(2)12-14-31/h3,6-9,15,17H,1,4-5,10-14,16H2,2H3,(H,28,29)(H,25,26,27). The maximum Gasteiger partial charge on any atom is 0.245 e. The van der Waals surface area contributed by atoms with Crippen LogP contribution < -0.4 is 10.2 Å². The first-order valence-electron chi connectivity index (χ1n) is 11.5. The Kier molecular flexibility index (Phi) is 5.95. The number of hydrogen-bond donors (Lipinski definition) is 2. The number of likely N-dealkylation sites (tertiary alicyclic amines) is 1. The van der Waals surface area contributed by atoms with Crippen molar-refractivity contribution in [3.8, 4) is 0 Å². The minimum atomic E-state index is -0.0273. The summed E-state index contributed by atoms with van der Waals surface area (Å²) >= 11 is 0. The number of carbonyl (C=O) groups excluding carboxylic acids is 1. The third-order valence-electron chi connectivity index (χ3n) is 6.63. The van der Waals surface area contributed by atoms with Crippen LogP contribution in [-0.4, -0.2) is 82.2 Å². The molecule has 2 fully saturated rings.